The van der Waals surface area contributed by atoms with Crippen molar-refractivity contribution in [3.05, 3.63) is 23.8 Å². The maximum Gasteiger partial charge on any atom is 0.471 e. The van der Waals surface area contributed by atoms with E-state index in [1.807, 2.05) is 0 Å². The van der Waals surface area contributed by atoms with Gasteiger partial charge < -0.3 is 14.8 Å². The molecular weight excluding hydrogens is 291 g/mol. The fraction of sp³-hybridized carbons (Fsp3) is 0.385. The van der Waals surface area contributed by atoms with Crippen LogP contribution in [-0.2, 0) is 4.79 Å². The first-order valence-corrected chi connectivity index (χ1v) is 5.84. The van der Waals surface area contributed by atoms with E-state index < -0.39 is 23.9 Å². The highest BCUT2D eigenvalue weighted by atomic mass is 19.4. The van der Waals surface area contributed by atoms with E-state index in [-0.39, 0.29) is 11.3 Å². The van der Waals surface area contributed by atoms with Crippen LogP contribution in [0, 0.1) is 0 Å². The summed E-state index contributed by atoms with van der Waals surface area (Å²) in [6.07, 6.45) is -5.05. The summed E-state index contributed by atoms with van der Waals surface area (Å²) in [4.78, 5) is 23.0. The van der Waals surface area contributed by atoms with Crippen LogP contribution in [0.1, 0.15) is 17.3 Å². The lowest BCUT2D eigenvalue weighted by Crippen LogP contribution is -2.45. The number of alkyl halides is 3. The van der Waals surface area contributed by atoms with Gasteiger partial charge in [0.15, 0.2) is 5.78 Å². The molecule has 0 radical (unpaired) electrons. The van der Waals surface area contributed by atoms with Gasteiger partial charge in [0, 0.05) is 0 Å². The van der Waals surface area contributed by atoms with Gasteiger partial charge in [-0.05, 0) is 25.1 Å². The molecule has 8 heteroatoms. The third-order valence-electron chi connectivity index (χ3n) is 2.67. The van der Waals surface area contributed by atoms with Crippen LogP contribution >= 0.6 is 0 Å². The third-order valence-corrected chi connectivity index (χ3v) is 2.67. The molecule has 1 unspecified atom stereocenters. The minimum absolute atomic E-state index is 0.0202. The van der Waals surface area contributed by atoms with Crippen molar-refractivity contribution < 1.29 is 32.2 Å². The molecule has 0 spiro atoms. The van der Waals surface area contributed by atoms with E-state index in [1.54, 1.807) is 5.32 Å². The minimum atomic E-state index is -5.05. The Morgan fingerprint density at radius 3 is 2.29 bits per heavy atom. The van der Waals surface area contributed by atoms with E-state index in [4.69, 9.17) is 9.47 Å². The Bertz CT molecular complexity index is 543. The molecule has 1 aromatic carbocycles. The van der Waals surface area contributed by atoms with Crippen LogP contribution in [0.2, 0.25) is 0 Å². The van der Waals surface area contributed by atoms with E-state index in [1.165, 1.54) is 32.4 Å². The molecule has 0 aliphatic heterocycles. The van der Waals surface area contributed by atoms with E-state index in [2.05, 4.69) is 0 Å². The van der Waals surface area contributed by atoms with Crippen LogP contribution in [-0.4, -0.2) is 38.1 Å². The fourth-order valence-electron chi connectivity index (χ4n) is 1.58. The average Bonchev–Trinajstić information content (AvgIpc) is 2.44. The second-order valence-corrected chi connectivity index (χ2v) is 4.12. The number of carbonyl (C=O) groups excluding carboxylic acids is 2. The summed E-state index contributed by atoms with van der Waals surface area (Å²) in [5.74, 6) is -2.38. The molecule has 0 heterocycles. The lowest BCUT2D eigenvalue weighted by atomic mass is 10.0. The van der Waals surface area contributed by atoms with Gasteiger partial charge in [-0.1, -0.05) is 0 Å². The lowest BCUT2D eigenvalue weighted by Gasteiger charge is -2.16. The fourth-order valence-corrected chi connectivity index (χ4v) is 1.58. The molecule has 0 aliphatic carbocycles. The number of hydrogen-bond acceptors (Lipinski definition) is 4. The minimum Gasteiger partial charge on any atom is -0.497 e. The number of nitrogens with one attached hydrogen (secondary N) is 1. The van der Waals surface area contributed by atoms with Crippen LogP contribution in [0.25, 0.3) is 0 Å². The molecule has 1 amide bonds. The summed E-state index contributed by atoms with van der Waals surface area (Å²) in [6.45, 7) is 1.16. The highest BCUT2D eigenvalue weighted by Gasteiger charge is 2.40. The van der Waals surface area contributed by atoms with Crippen LogP contribution in [0.5, 0.6) is 11.5 Å². The Kier molecular flexibility index (Phi) is 5.17. The maximum atomic E-state index is 12.2. The number of amides is 1. The summed E-state index contributed by atoms with van der Waals surface area (Å²) in [5.41, 5.74) is 0.0202. The Morgan fingerprint density at radius 1 is 1.19 bits per heavy atom. The van der Waals surface area contributed by atoms with Gasteiger partial charge in [-0.15, -0.1) is 0 Å². The topological polar surface area (TPSA) is 64.6 Å². The molecule has 0 fully saturated rings. The Labute approximate surface area is 119 Å². The Balaban J connectivity index is 2.99. The molecule has 0 aliphatic rings. The van der Waals surface area contributed by atoms with Crippen LogP contribution in [0.4, 0.5) is 13.2 Å². The second-order valence-electron chi connectivity index (χ2n) is 4.12. The molecule has 0 saturated carbocycles. The monoisotopic (exact) mass is 305 g/mol. The van der Waals surface area contributed by atoms with E-state index in [0.29, 0.717) is 5.75 Å². The number of benzene rings is 1. The number of halogens is 3. The van der Waals surface area contributed by atoms with Crippen LogP contribution in [0.3, 0.4) is 0 Å². The molecular formula is C13H14F3NO4. The molecule has 0 bridgehead atoms. The van der Waals surface area contributed by atoms with Crippen molar-refractivity contribution in [2.75, 3.05) is 14.2 Å². The van der Waals surface area contributed by atoms with Crippen molar-refractivity contribution >= 4 is 11.7 Å². The number of rotatable bonds is 5. The van der Waals surface area contributed by atoms with Gasteiger partial charge in [0.05, 0.1) is 25.8 Å². The van der Waals surface area contributed by atoms with Gasteiger partial charge in [-0.25, -0.2) is 0 Å². The van der Waals surface area contributed by atoms with E-state index in [0.717, 1.165) is 6.92 Å². The number of ketones is 1. The van der Waals surface area contributed by atoms with Gasteiger partial charge in [-0.2, -0.15) is 13.2 Å². The van der Waals surface area contributed by atoms with Crippen molar-refractivity contribution in [3.8, 4) is 11.5 Å². The zero-order valence-corrected chi connectivity index (χ0v) is 11.6. The van der Waals surface area contributed by atoms with Crippen LogP contribution in [0.15, 0.2) is 18.2 Å². The molecule has 21 heavy (non-hydrogen) atoms. The molecule has 0 aromatic heterocycles. The maximum absolute atomic E-state index is 12.2. The quantitative estimate of drug-likeness (QED) is 0.845. The molecule has 116 valence electrons. The van der Waals surface area contributed by atoms with Crippen molar-refractivity contribution in [2.45, 2.75) is 19.1 Å². The van der Waals surface area contributed by atoms with Gasteiger partial charge in [0.25, 0.3) is 0 Å². The van der Waals surface area contributed by atoms with Gasteiger partial charge in [0.1, 0.15) is 11.5 Å². The number of hydrogen-bond donors (Lipinski definition) is 1. The SMILES string of the molecule is COc1ccc(OC)c(C(=O)C(C)NC(=O)C(F)(F)F)c1. The first-order valence-electron chi connectivity index (χ1n) is 5.84. The number of methoxy groups -OCH3 is 2. The molecule has 1 atom stereocenters. The highest BCUT2D eigenvalue weighted by molar-refractivity contribution is 6.04. The van der Waals surface area contributed by atoms with Crippen LogP contribution < -0.4 is 14.8 Å². The van der Waals surface area contributed by atoms with Crippen molar-refractivity contribution in [1.29, 1.82) is 0 Å². The van der Waals surface area contributed by atoms with Crippen molar-refractivity contribution in [2.24, 2.45) is 0 Å². The Hall–Kier alpha value is -2.25. The third kappa shape index (κ3) is 4.11. The molecule has 0 saturated heterocycles. The predicted molar refractivity (Wildman–Crippen MR) is 67.5 cm³/mol. The van der Waals surface area contributed by atoms with Crippen molar-refractivity contribution in [3.63, 3.8) is 0 Å². The molecule has 1 rings (SSSR count). The highest BCUT2D eigenvalue weighted by Crippen LogP contribution is 2.25. The summed E-state index contributed by atoms with van der Waals surface area (Å²) in [6, 6.07) is 2.95. The standard InChI is InChI=1S/C13H14F3NO4/c1-7(17-12(19)13(14,15)16)11(18)9-6-8(20-2)4-5-10(9)21-3/h4-7H,1-3H3,(H,17,19). The zero-order chi connectivity index (χ0) is 16.2. The number of carbonyl (C=O) groups is 2. The predicted octanol–water partition coefficient (Wildman–Crippen LogP) is 1.95. The van der Waals surface area contributed by atoms with Gasteiger partial charge >= 0.3 is 12.1 Å². The molecule has 1 aromatic rings. The van der Waals surface area contributed by atoms with Crippen molar-refractivity contribution in [1.82, 2.24) is 5.32 Å². The Morgan fingerprint density at radius 2 is 1.81 bits per heavy atom. The zero-order valence-electron chi connectivity index (χ0n) is 11.6. The lowest BCUT2D eigenvalue weighted by molar-refractivity contribution is -0.173. The van der Waals surface area contributed by atoms with E-state index in [9.17, 15) is 22.8 Å². The number of ether oxygens (including phenoxy) is 2. The summed E-state index contributed by atoms with van der Waals surface area (Å²) in [7, 11) is 2.70. The van der Waals surface area contributed by atoms with Gasteiger partial charge in [-0.3, -0.25) is 9.59 Å². The first kappa shape index (κ1) is 16.8. The second kappa shape index (κ2) is 6.47. The molecule has 1 N–H and O–H groups in total. The number of Topliss-reactive ketones (excluding diaryl/α,β-unsaturated/α-hetero) is 1. The molecule has 5 nitrogen and oxygen atoms in total. The summed E-state index contributed by atoms with van der Waals surface area (Å²) >= 11 is 0. The average molecular weight is 305 g/mol. The summed E-state index contributed by atoms with van der Waals surface area (Å²) < 4.78 is 46.4. The van der Waals surface area contributed by atoms with E-state index >= 15 is 0 Å². The summed E-state index contributed by atoms with van der Waals surface area (Å²) in [5, 5.41) is 1.60. The van der Waals surface area contributed by atoms with Gasteiger partial charge in [0.2, 0.25) is 0 Å². The first-order chi connectivity index (χ1) is 9.70. The largest absolute Gasteiger partial charge is 0.497 e. The normalized spacial score (nSPS) is 12.5. The smallest absolute Gasteiger partial charge is 0.471 e.